The molecule has 0 radical (unpaired) electrons. The molecule has 0 amide bonds. The Morgan fingerprint density at radius 2 is 2.06 bits per heavy atom. The molecule has 1 aliphatic rings. The van der Waals surface area contributed by atoms with E-state index >= 15 is 0 Å². The van der Waals surface area contributed by atoms with Crippen molar-refractivity contribution in [2.75, 3.05) is 11.5 Å². The highest BCUT2D eigenvalue weighted by atomic mass is 32.2. The summed E-state index contributed by atoms with van der Waals surface area (Å²) in [7, 11) is 0. The van der Waals surface area contributed by atoms with Gasteiger partial charge in [-0.2, -0.15) is 11.8 Å². The summed E-state index contributed by atoms with van der Waals surface area (Å²) in [5.41, 5.74) is 9.51. The van der Waals surface area contributed by atoms with Crippen LogP contribution in [0.4, 0.5) is 5.69 Å². The summed E-state index contributed by atoms with van der Waals surface area (Å²) >= 11 is 2.07. The summed E-state index contributed by atoms with van der Waals surface area (Å²) in [6, 6.07) is 6.25. The minimum Gasteiger partial charge on any atom is -0.399 e. The van der Waals surface area contributed by atoms with Crippen molar-refractivity contribution in [2.24, 2.45) is 5.92 Å². The van der Waals surface area contributed by atoms with Gasteiger partial charge in [-0.15, -0.1) is 0 Å². The highest BCUT2D eigenvalue weighted by Crippen LogP contribution is 2.29. The second-order valence-corrected chi connectivity index (χ2v) is 5.83. The summed E-state index contributed by atoms with van der Waals surface area (Å²) in [6.07, 6.45) is 5.79. The third-order valence-electron chi connectivity index (χ3n) is 3.57. The second kappa shape index (κ2) is 5.62. The highest BCUT2D eigenvalue weighted by Gasteiger charge is 2.14. The Balaban J connectivity index is 1.82. The van der Waals surface area contributed by atoms with Gasteiger partial charge in [0.15, 0.2) is 0 Å². The van der Waals surface area contributed by atoms with E-state index in [2.05, 4.69) is 30.8 Å². The van der Waals surface area contributed by atoms with Crippen molar-refractivity contribution in [3.05, 3.63) is 29.3 Å². The normalized spacial score (nSPS) is 16.8. The molecule has 1 fully saturated rings. The quantitative estimate of drug-likeness (QED) is 0.798. The lowest BCUT2D eigenvalue weighted by molar-refractivity contribution is 0.623. The SMILES string of the molecule is Cc1c(N)cccc1CSCC1CCCC1. The molecule has 0 unspecified atom stereocenters. The number of rotatable bonds is 4. The summed E-state index contributed by atoms with van der Waals surface area (Å²) in [5.74, 6) is 3.42. The first-order valence-corrected chi connectivity index (χ1v) is 7.34. The van der Waals surface area contributed by atoms with Gasteiger partial charge in [0.1, 0.15) is 0 Å². The predicted molar refractivity (Wildman–Crippen MR) is 73.7 cm³/mol. The minimum absolute atomic E-state index is 0.930. The van der Waals surface area contributed by atoms with Crippen LogP contribution in [0, 0.1) is 12.8 Å². The molecule has 1 aliphatic carbocycles. The maximum absolute atomic E-state index is 5.91. The molecule has 0 saturated heterocycles. The zero-order valence-electron chi connectivity index (χ0n) is 10.0. The summed E-state index contributed by atoms with van der Waals surface area (Å²) in [6.45, 7) is 2.13. The third-order valence-corrected chi connectivity index (χ3v) is 4.80. The maximum Gasteiger partial charge on any atom is 0.0346 e. The number of thioether (sulfide) groups is 1. The maximum atomic E-state index is 5.91. The van der Waals surface area contributed by atoms with E-state index in [1.54, 1.807) is 0 Å². The molecule has 2 heteroatoms. The summed E-state index contributed by atoms with van der Waals surface area (Å²) in [4.78, 5) is 0. The number of nitrogens with two attached hydrogens (primary N) is 1. The molecule has 1 aromatic rings. The predicted octanol–water partition coefficient (Wildman–Crippen LogP) is 4.00. The largest absolute Gasteiger partial charge is 0.399 e. The molecule has 0 atom stereocenters. The summed E-state index contributed by atoms with van der Waals surface area (Å²) in [5, 5.41) is 0. The monoisotopic (exact) mass is 235 g/mol. The fourth-order valence-electron chi connectivity index (χ4n) is 2.37. The Labute approximate surface area is 103 Å². The molecule has 0 aromatic heterocycles. The molecule has 1 saturated carbocycles. The van der Waals surface area contributed by atoms with Crippen molar-refractivity contribution >= 4 is 17.4 Å². The van der Waals surface area contributed by atoms with Crippen LogP contribution in [-0.4, -0.2) is 5.75 Å². The van der Waals surface area contributed by atoms with E-state index in [-0.39, 0.29) is 0 Å². The van der Waals surface area contributed by atoms with Gasteiger partial charge < -0.3 is 5.73 Å². The third kappa shape index (κ3) is 2.94. The molecule has 2 N–H and O–H groups in total. The van der Waals surface area contributed by atoms with Crippen LogP contribution in [0.5, 0.6) is 0 Å². The van der Waals surface area contributed by atoms with Crippen LogP contribution < -0.4 is 5.73 Å². The van der Waals surface area contributed by atoms with Crippen molar-refractivity contribution in [2.45, 2.75) is 38.4 Å². The van der Waals surface area contributed by atoms with Crippen LogP contribution >= 0.6 is 11.8 Å². The smallest absolute Gasteiger partial charge is 0.0346 e. The van der Waals surface area contributed by atoms with Crippen molar-refractivity contribution < 1.29 is 0 Å². The minimum atomic E-state index is 0.930. The molecule has 1 nitrogen and oxygen atoms in total. The topological polar surface area (TPSA) is 26.0 Å². The van der Waals surface area contributed by atoms with Gasteiger partial charge in [-0.1, -0.05) is 25.0 Å². The van der Waals surface area contributed by atoms with E-state index < -0.39 is 0 Å². The van der Waals surface area contributed by atoms with Crippen LogP contribution in [0.3, 0.4) is 0 Å². The van der Waals surface area contributed by atoms with Crippen molar-refractivity contribution in [1.82, 2.24) is 0 Å². The van der Waals surface area contributed by atoms with Gasteiger partial charge >= 0.3 is 0 Å². The van der Waals surface area contributed by atoms with E-state index in [4.69, 9.17) is 5.73 Å². The molecular weight excluding hydrogens is 214 g/mol. The number of benzene rings is 1. The van der Waals surface area contributed by atoms with Crippen molar-refractivity contribution in [3.8, 4) is 0 Å². The van der Waals surface area contributed by atoms with Gasteiger partial charge in [0, 0.05) is 11.4 Å². The van der Waals surface area contributed by atoms with E-state index in [1.165, 1.54) is 42.6 Å². The Hall–Kier alpha value is -0.630. The van der Waals surface area contributed by atoms with Crippen LogP contribution in [-0.2, 0) is 5.75 Å². The number of hydrogen-bond acceptors (Lipinski definition) is 2. The van der Waals surface area contributed by atoms with Gasteiger partial charge in [0.2, 0.25) is 0 Å². The van der Waals surface area contributed by atoms with E-state index in [1.807, 2.05) is 6.07 Å². The zero-order valence-corrected chi connectivity index (χ0v) is 10.9. The van der Waals surface area contributed by atoms with Crippen LogP contribution in [0.2, 0.25) is 0 Å². The lowest BCUT2D eigenvalue weighted by Gasteiger charge is -2.10. The highest BCUT2D eigenvalue weighted by molar-refractivity contribution is 7.98. The van der Waals surface area contributed by atoms with Crippen molar-refractivity contribution in [3.63, 3.8) is 0 Å². The number of nitrogen functional groups attached to an aromatic ring is 1. The fraction of sp³-hybridized carbons (Fsp3) is 0.571. The standard InChI is InChI=1S/C14H21NS/c1-11-13(7-4-8-14(11)15)10-16-9-12-5-2-3-6-12/h4,7-8,12H,2-3,5-6,9-10,15H2,1H3. The number of anilines is 1. The number of hydrogen-bond donors (Lipinski definition) is 1. The first-order chi connectivity index (χ1) is 7.77. The van der Waals surface area contributed by atoms with E-state index in [0.717, 1.165) is 17.4 Å². The van der Waals surface area contributed by atoms with Crippen LogP contribution in [0.15, 0.2) is 18.2 Å². The second-order valence-electron chi connectivity index (χ2n) is 4.80. The van der Waals surface area contributed by atoms with Gasteiger partial charge in [-0.3, -0.25) is 0 Å². The van der Waals surface area contributed by atoms with Gasteiger partial charge in [-0.05, 0) is 48.6 Å². The zero-order chi connectivity index (χ0) is 11.4. The first kappa shape index (κ1) is 11.8. The van der Waals surface area contributed by atoms with Gasteiger partial charge in [0.05, 0.1) is 0 Å². The Morgan fingerprint density at radius 3 is 2.81 bits per heavy atom. The Bertz CT molecular complexity index is 343. The fourth-order valence-corrected chi connectivity index (χ4v) is 3.69. The lowest BCUT2D eigenvalue weighted by atomic mass is 10.1. The molecule has 1 aromatic carbocycles. The molecule has 0 bridgehead atoms. The Morgan fingerprint density at radius 1 is 1.31 bits per heavy atom. The van der Waals surface area contributed by atoms with Gasteiger partial charge in [-0.25, -0.2) is 0 Å². The van der Waals surface area contributed by atoms with E-state index in [0.29, 0.717) is 0 Å². The molecular formula is C14H21NS. The summed E-state index contributed by atoms with van der Waals surface area (Å²) < 4.78 is 0. The first-order valence-electron chi connectivity index (χ1n) is 6.19. The van der Waals surface area contributed by atoms with Crippen LogP contribution in [0.25, 0.3) is 0 Å². The molecule has 0 spiro atoms. The van der Waals surface area contributed by atoms with Gasteiger partial charge in [0.25, 0.3) is 0 Å². The lowest BCUT2D eigenvalue weighted by Crippen LogP contribution is -1.98. The average molecular weight is 235 g/mol. The molecule has 16 heavy (non-hydrogen) atoms. The molecule has 0 aliphatic heterocycles. The molecule has 2 rings (SSSR count). The van der Waals surface area contributed by atoms with Crippen LogP contribution in [0.1, 0.15) is 36.8 Å². The van der Waals surface area contributed by atoms with E-state index in [9.17, 15) is 0 Å². The Kier molecular flexibility index (Phi) is 4.16. The molecule has 88 valence electrons. The van der Waals surface area contributed by atoms with Crippen molar-refractivity contribution in [1.29, 1.82) is 0 Å². The molecule has 0 heterocycles. The average Bonchev–Trinajstić information content (AvgIpc) is 2.77.